The van der Waals surface area contributed by atoms with E-state index >= 15 is 0 Å². The first-order valence-corrected chi connectivity index (χ1v) is 7.75. The van der Waals surface area contributed by atoms with Gasteiger partial charge in [-0.2, -0.15) is 0 Å². The van der Waals surface area contributed by atoms with Gasteiger partial charge in [-0.05, 0) is 12.8 Å². The Hall–Kier alpha value is -1.39. The summed E-state index contributed by atoms with van der Waals surface area (Å²) < 4.78 is 6.56. The van der Waals surface area contributed by atoms with Crippen molar-refractivity contribution in [3.05, 3.63) is 11.4 Å². The van der Waals surface area contributed by atoms with Gasteiger partial charge >= 0.3 is 5.97 Å². The molecule has 1 aromatic heterocycles. The summed E-state index contributed by atoms with van der Waals surface area (Å²) in [5, 5.41) is 8.00. The topological polar surface area (TPSA) is 57.0 Å². The number of hydrogen-bond acceptors (Lipinski definition) is 4. The Morgan fingerprint density at radius 3 is 2.35 bits per heavy atom. The number of ether oxygens (including phenoxy) is 1. The molecule has 0 unspecified atom stereocenters. The molecule has 1 aromatic rings. The van der Waals surface area contributed by atoms with Crippen molar-refractivity contribution in [1.29, 1.82) is 0 Å². The van der Waals surface area contributed by atoms with Gasteiger partial charge in [-0.15, -0.1) is 5.10 Å². The van der Waals surface area contributed by atoms with Crippen LogP contribution in [0.4, 0.5) is 0 Å². The third kappa shape index (κ3) is 4.94. The maximum Gasteiger partial charge on any atom is 0.360 e. The smallest absolute Gasteiger partial charge is 0.360 e. The number of aryl methyl sites for hydroxylation is 1. The van der Waals surface area contributed by atoms with Gasteiger partial charge in [0.2, 0.25) is 0 Å². The van der Waals surface area contributed by atoms with Crippen LogP contribution in [0.15, 0.2) is 0 Å². The largest absolute Gasteiger partial charge is 0.464 e. The van der Waals surface area contributed by atoms with Gasteiger partial charge in [0.05, 0.1) is 12.8 Å². The minimum absolute atomic E-state index is 0.359. The Morgan fingerprint density at radius 1 is 1.10 bits per heavy atom. The highest BCUT2D eigenvalue weighted by molar-refractivity contribution is 5.88. The van der Waals surface area contributed by atoms with Gasteiger partial charge in [-0.3, -0.25) is 0 Å². The minimum atomic E-state index is -0.396. The summed E-state index contributed by atoms with van der Waals surface area (Å²) in [6.45, 7) is 5.07. The van der Waals surface area contributed by atoms with E-state index in [1.54, 1.807) is 0 Å². The first-order chi connectivity index (χ1) is 9.74. The van der Waals surface area contributed by atoms with E-state index in [4.69, 9.17) is 4.74 Å². The van der Waals surface area contributed by atoms with E-state index < -0.39 is 5.97 Å². The molecule has 114 valence electrons. The van der Waals surface area contributed by atoms with Crippen LogP contribution in [0.25, 0.3) is 0 Å². The van der Waals surface area contributed by atoms with E-state index in [9.17, 15) is 4.79 Å². The second-order valence-electron chi connectivity index (χ2n) is 5.07. The second kappa shape index (κ2) is 9.50. The van der Waals surface area contributed by atoms with Crippen molar-refractivity contribution >= 4 is 5.97 Å². The molecule has 1 rings (SSSR count). The van der Waals surface area contributed by atoms with Crippen molar-refractivity contribution < 1.29 is 9.53 Å². The maximum atomic E-state index is 11.5. The fourth-order valence-electron chi connectivity index (χ4n) is 2.34. The molecular weight excluding hydrogens is 254 g/mol. The van der Waals surface area contributed by atoms with E-state index in [1.165, 1.54) is 45.6 Å². The van der Waals surface area contributed by atoms with Crippen LogP contribution in [0.2, 0.25) is 0 Å². The van der Waals surface area contributed by atoms with Crippen molar-refractivity contribution in [2.75, 3.05) is 7.11 Å². The maximum absolute atomic E-state index is 11.5. The Kier molecular flexibility index (Phi) is 7.92. The molecule has 0 aliphatic rings. The fraction of sp³-hybridized carbons (Fsp3) is 0.800. The minimum Gasteiger partial charge on any atom is -0.464 e. The molecule has 0 saturated carbocycles. The van der Waals surface area contributed by atoms with Crippen molar-refractivity contribution in [3.63, 3.8) is 0 Å². The third-order valence-electron chi connectivity index (χ3n) is 3.52. The monoisotopic (exact) mass is 281 g/mol. The van der Waals surface area contributed by atoms with E-state index in [-0.39, 0.29) is 0 Å². The molecule has 0 N–H and O–H groups in total. The van der Waals surface area contributed by atoms with Crippen LogP contribution < -0.4 is 0 Å². The summed E-state index contributed by atoms with van der Waals surface area (Å²) in [5.74, 6) is -0.396. The Labute approximate surface area is 121 Å². The molecular formula is C15H27N3O2. The normalized spacial score (nSPS) is 10.8. The van der Waals surface area contributed by atoms with Gasteiger partial charge in [0.1, 0.15) is 0 Å². The van der Waals surface area contributed by atoms with E-state index in [0.29, 0.717) is 5.69 Å². The zero-order chi connectivity index (χ0) is 14.8. The molecule has 0 amide bonds. The number of nitrogens with zero attached hydrogens (tertiary/aromatic N) is 3. The summed E-state index contributed by atoms with van der Waals surface area (Å²) >= 11 is 0. The Morgan fingerprint density at radius 2 is 1.75 bits per heavy atom. The third-order valence-corrected chi connectivity index (χ3v) is 3.52. The summed E-state index contributed by atoms with van der Waals surface area (Å²) in [4.78, 5) is 11.5. The average molecular weight is 281 g/mol. The Bertz CT molecular complexity index is 402. The summed E-state index contributed by atoms with van der Waals surface area (Å²) in [5.41, 5.74) is 1.24. The van der Waals surface area contributed by atoms with Gasteiger partial charge in [0, 0.05) is 6.54 Å². The van der Waals surface area contributed by atoms with Crippen LogP contribution in [0, 0.1) is 0 Å². The van der Waals surface area contributed by atoms with Gasteiger partial charge in [-0.25, -0.2) is 9.48 Å². The molecule has 1 heterocycles. The lowest BCUT2D eigenvalue weighted by Gasteiger charge is -2.05. The first-order valence-electron chi connectivity index (χ1n) is 7.75. The number of rotatable bonds is 10. The molecule has 0 aromatic carbocycles. The summed E-state index contributed by atoms with van der Waals surface area (Å²) in [6.07, 6.45) is 9.60. The fourth-order valence-corrected chi connectivity index (χ4v) is 2.34. The van der Waals surface area contributed by atoms with Gasteiger partial charge in [0.25, 0.3) is 0 Å². The number of carbonyl (C=O) groups is 1. The standard InChI is InChI=1S/C15H27N3O2/c1-4-6-7-8-9-10-11-12-18-13(5-2)14(16-17-18)15(19)20-3/h4-12H2,1-3H3. The number of carbonyl (C=O) groups excluding carboxylic acids is 1. The SMILES string of the molecule is CCCCCCCCCn1nnc(C(=O)OC)c1CC. The van der Waals surface area contributed by atoms with E-state index in [0.717, 1.165) is 25.1 Å². The van der Waals surface area contributed by atoms with E-state index in [1.807, 2.05) is 11.6 Å². The zero-order valence-corrected chi connectivity index (χ0v) is 13.0. The van der Waals surface area contributed by atoms with Crippen molar-refractivity contribution in [3.8, 4) is 0 Å². The van der Waals surface area contributed by atoms with Crippen molar-refractivity contribution in [2.45, 2.75) is 71.8 Å². The quantitative estimate of drug-likeness (QED) is 0.487. The highest BCUT2D eigenvalue weighted by Gasteiger charge is 2.18. The number of esters is 1. The van der Waals surface area contributed by atoms with Gasteiger partial charge in [0.15, 0.2) is 5.69 Å². The van der Waals surface area contributed by atoms with Crippen molar-refractivity contribution in [2.24, 2.45) is 0 Å². The molecule has 0 atom stereocenters. The van der Waals surface area contributed by atoms with Crippen LogP contribution in [0.3, 0.4) is 0 Å². The molecule has 5 heteroatoms. The van der Waals surface area contributed by atoms with Crippen LogP contribution in [0.5, 0.6) is 0 Å². The highest BCUT2D eigenvalue weighted by Crippen LogP contribution is 2.11. The lowest BCUT2D eigenvalue weighted by molar-refractivity contribution is 0.0592. The molecule has 0 spiro atoms. The second-order valence-corrected chi connectivity index (χ2v) is 5.07. The van der Waals surface area contributed by atoms with E-state index in [2.05, 4.69) is 17.2 Å². The predicted octanol–water partition coefficient (Wildman–Crippen LogP) is 3.38. The highest BCUT2D eigenvalue weighted by atomic mass is 16.5. The zero-order valence-electron chi connectivity index (χ0n) is 13.0. The molecule has 0 aliphatic carbocycles. The average Bonchev–Trinajstić information content (AvgIpc) is 2.88. The number of hydrogen-bond donors (Lipinski definition) is 0. The lowest BCUT2D eigenvalue weighted by atomic mass is 10.1. The number of aromatic nitrogens is 3. The number of methoxy groups -OCH3 is 1. The molecule has 0 fully saturated rings. The van der Waals surface area contributed by atoms with Gasteiger partial charge < -0.3 is 4.74 Å². The molecule has 0 aliphatic heterocycles. The Balaban J connectivity index is 2.37. The molecule has 20 heavy (non-hydrogen) atoms. The summed E-state index contributed by atoms with van der Waals surface area (Å²) in [7, 11) is 1.37. The van der Waals surface area contributed by atoms with Gasteiger partial charge in [-0.1, -0.05) is 57.6 Å². The van der Waals surface area contributed by atoms with Crippen molar-refractivity contribution in [1.82, 2.24) is 15.0 Å². The van der Waals surface area contributed by atoms with Crippen LogP contribution in [-0.2, 0) is 17.7 Å². The molecule has 0 radical (unpaired) electrons. The van der Waals surface area contributed by atoms with Crippen LogP contribution in [0.1, 0.15) is 75.0 Å². The van der Waals surface area contributed by atoms with Crippen LogP contribution in [-0.4, -0.2) is 28.1 Å². The predicted molar refractivity (Wildman–Crippen MR) is 78.7 cm³/mol. The lowest BCUT2D eigenvalue weighted by Crippen LogP contribution is -2.09. The molecule has 0 saturated heterocycles. The van der Waals surface area contributed by atoms with Crippen LogP contribution >= 0.6 is 0 Å². The first kappa shape index (κ1) is 16.7. The summed E-state index contributed by atoms with van der Waals surface area (Å²) in [6, 6.07) is 0. The molecule has 5 nitrogen and oxygen atoms in total. The number of unbranched alkanes of at least 4 members (excludes halogenated alkanes) is 6. The molecule has 0 bridgehead atoms.